The van der Waals surface area contributed by atoms with Gasteiger partial charge in [-0.2, -0.15) is 0 Å². The van der Waals surface area contributed by atoms with Crippen molar-refractivity contribution in [2.75, 3.05) is 26.7 Å². The Morgan fingerprint density at radius 1 is 1.21 bits per heavy atom. The Kier molecular flexibility index (Phi) is 3.87. The van der Waals surface area contributed by atoms with Crippen molar-refractivity contribution in [3.8, 4) is 0 Å². The number of hydrogen-bond donors (Lipinski definition) is 1. The fourth-order valence-corrected chi connectivity index (χ4v) is 3.61. The average molecular weight is 260 g/mol. The molecule has 0 radical (unpaired) electrons. The summed E-state index contributed by atoms with van der Waals surface area (Å²) >= 11 is 0. The van der Waals surface area contributed by atoms with E-state index in [0.717, 1.165) is 18.4 Å². The summed E-state index contributed by atoms with van der Waals surface area (Å²) < 4.78 is 5.15. The molecule has 1 aromatic rings. The Labute approximate surface area is 115 Å². The van der Waals surface area contributed by atoms with E-state index in [9.17, 15) is 0 Å². The highest BCUT2D eigenvalue weighted by atomic mass is 16.5. The number of likely N-dealkylation sites (tertiary alicyclic amines) is 1. The number of methoxy groups -OCH3 is 1. The maximum absolute atomic E-state index is 5.15. The van der Waals surface area contributed by atoms with Crippen LogP contribution in [0.25, 0.3) is 0 Å². The standard InChI is InChI=1S/C16H24N2O/c1-12-16-8-17-7-15(16)10-18(12)9-13-3-5-14(6-4-13)11-19-2/h3-6,12,15-17H,7-11H2,1-2H3. The average Bonchev–Trinajstić information content (AvgIpc) is 2.97. The van der Waals surface area contributed by atoms with Crippen molar-refractivity contribution in [1.29, 1.82) is 0 Å². The number of benzene rings is 1. The van der Waals surface area contributed by atoms with Gasteiger partial charge in [-0.3, -0.25) is 4.90 Å². The molecular formula is C16H24N2O. The highest BCUT2D eigenvalue weighted by Gasteiger charge is 2.41. The van der Waals surface area contributed by atoms with Crippen molar-refractivity contribution < 1.29 is 4.74 Å². The zero-order chi connectivity index (χ0) is 13.2. The summed E-state index contributed by atoms with van der Waals surface area (Å²) in [7, 11) is 1.74. The van der Waals surface area contributed by atoms with E-state index in [1.807, 2.05) is 0 Å². The summed E-state index contributed by atoms with van der Waals surface area (Å²) in [5.41, 5.74) is 2.67. The summed E-state index contributed by atoms with van der Waals surface area (Å²) in [4.78, 5) is 2.64. The summed E-state index contributed by atoms with van der Waals surface area (Å²) in [6, 6.07) is 9.56. The molecule has 3 unspecified atom stereocenters. The highest BCUT2D eigenvalue weighted by molar-refractivity contribution is 5.22. The lowest BCUT2D eigenvalue weighted by Crippen LogP contribution is -2.32. The first-order valence-electron chi connectivity index (χ1n) is 7.29. The molecule has 1 N–H and O–H groups in total. The predicted molar refractivity (Wildman–Crippen MR) is 76.9 cm³/mol. The van der Waals surface area contributed by atoms with E-state index in [-0.39, 0.29) is 0 Å². The van der Waals surface area contributed by atoms with Gasteiger partial charge in [0, 0.05) is 26.2 Å². The summed E-state index contributed by atoms with van der Waals surface area (Å²) in [6.07, 6.45) is 0. The minimum Gasteiger partial charge on any atom is -0.380 e. The van der Waals surface area contributed by atoms with E-state index in [1.165, 1.54) is 30.8 Å². The van der Waals surface area contributed by atoms with Crippen molar-refractivity contribution in [2.24, 2.45) is 11.8 Å². The van der Waals surface area contributed by atoms with Gasteiger partial charge in [-0.15, -0.1) is 0 Å². The number of hydrogen-bond acceptors (Lipinski definition) is 3. The Morgan fingerprint density at radius 3 is 2.63 bits per heavy atom. The molecule has 1 aromatic carbocycles. The van der Waals surface area contributed by atoms with Crippen LogP contribution in [0, 0.1) is 11.8 Å². The van der Waals surface area contributed by atoms with E-state index >= 15 is 0 Å². The van der Waals surface area contributed by atoms with Gasteiger partial charge in [-0.1, -0.05) is 24.3 Å². The maximum atomic E-state index is 5.15. The molecule has 0 saturated carbocycles. The highest BCUT2D eigenvalue weighted by Crippen LogP contribution is 2.33. The SMILES string of the molecule is COCc1ccc(CN2CC3CNCC3C2C)cc1. The molecule has 0 aliphatic carbocycles. The van der Waals surface area contributed by atoms with Crippen LogP contribution in [0.4, 0.5) is 0 Å². The molecule has 3 rings (SSSR count). The number of nitrogens with one attached hydrogen (secondary N) is 1. The van der Waals surface area contributed by atoms with E-state index in [4.69, 9.17) is 4.74 Å². The second-order valence-corrected chi connectivity index (χ2v) is 6.00. The van der Waals surface area contributed by atoms with Gasteiger partial charge in [0.1, 0.15) is 0 Å². The predicted octanol–water partition coefficient (Wildman–Crippen LogP) is 1.87. The summed E-state index contributed by atoms with van der Waals surface area (Å²) in [5, 5.41) is 3.52. The Balaban J connectivity index is 1.62. The van der Waals surface area contributed by atoms with Crippen LogP contribution in [-0.4, -0.2) is 37.7 Å². The van der Waals surface area contributed by atoms with Gasteiger partial charge in [-0.05, 0) is 43.0 Å². The number of fused-ring (bicyclic) bond motifs is 1. The molecule has 3 heteroatoms. The lowest BCUT2D eigenvalue weighted by atomic mass is 9.95. The molecule has 3 nitrogen and oxygen atoms in total. The molecule has 2 saturated heterocycles. The van der Waals surface area contributed by atoms with E-state index in [2.05, 4.69) is 41.4 Å². The molecule has 3 atom stereocenters. The fraction of sp³-hybridized carbons (Fsp3) is 0.625. The molecule has 0 amide bonds. The molecule has 0 aromatic heterocycles. The fourth-order valence-electron chi connectivity index (χ4n) is 3.61. The normalized spacial score (nSPS) is 30.7. The van der Waals surface area contributed by atoms with Crippen LogP contribution in [0.1, 0.15) is 18.1 Å². The minimum atomic E-state index is 0.705. The van der Waals surface area contributed by atoms with Crippen LogP contribution in [0.5, 0.6) is 0 Å². The van der Waals surface area contributed by atoms with Crippen LogP contribution in [0.15, 0.2) is 24.3 Å². The zero-order valence-corrected chi connectivity index (χ0v) is 11.9. The van der Waals surface area contributed by atoms with E-state index in [1.54, 1.807) is 7.11 Å². The maximum Gasteiger partial charge on any atom is 0.0713 e. The molecule has 19 heavy (non-hydrogen) atoms. The van der Waals surface area contributed by atoms with Crippen molar-refractivity contribution in [3.05, 3.63) is 35.4 Å². The lowest BCUT2D eigenvalue weighted by Gasteiger charge is -2.24. The third-order valence-electron chi connectivity index (χ3n) is 4.78. The van der Waals surface area contributed by atoms with Crippen molar-refractivity contribution >= 4 is 0 Å². The lowest BCUT2D eigenvalue weighted by molar-refractivity contribution is 0.185. The van der Waals surface area contributed by atoms with Crippen LogP contribution in [-0.2, 0) is 17.9 Å². The van der Waals surface area contributed by atoms with Gasteiger partial charge in [0.15, 0.2) is 0 Å². The van der Waals surface area contributed by atoms with E-state index < -0.39 is 0 Å². The van der Waals surface area contributed by atoms with Gasteiger partial charge in [-0.25, -0.2) is 0 Å². The Bertz CT molecular complexity index is 417. The minimum absolute atomic E-state index is 0.705. The summed E-state index contributed by atoms with van der Waals surface area (Å²) in [6.45, 7) is 7.83. The third kappa shape index (κ3) is 2.69. The first kappa shape index (κ1) is 13.1. The molecule has 0 bridgehead atoms. The Hall–Kier alpha value is -0.900. The number of nitrogens with zero attached hydrogens (tertiary/aromatic N) is 1. The largest absolute Gasteiger partial charge is 0.380 e. The van der Waals surface area contributed by atoms with Crippen LogP contribution < -0.4 is 5.32 Å². The van der Waals surface area contributed by atoms with Crippen LogP contribution in [0.2, 0.25) is 0 Å². The Morgan fingerprint density at radius 2 is 1.95 bits per heavy atom. The van der Waals surface area contributed by atoms with Crippen molar-refractivity contribution in [3.63, 3.8) is 0 Å². The first-order chi connectivity index (χ1) is 9.28. The van der Waals surface area contributed by atoms with Gasteiger partial charge in [0.25, 0.3) is 0 Å². The van der Waals surface area contributed by atoms with Gasteiger partial charge in [0.05, 0.1) is 6.61 Å². The van der Waals surface area contributed by atoms with Gasteiger partial charge in [0.2, 0.25) is 0 Å². The third-order valence-corrected chi connectivity index (χ3v) is 4.78. The smallest absolute Gasteiger partial charge is 0.0713 e. The second-order valence-electron chi connectivity index (χ2n) is 6.00. The quantitative estimate of drug-likeness (QED) is 0.894. The number of rotatable bonds is 4. The molecule has 2 aliphatic heterocycles. The molecule has 2 fully saturated rings. The van der Waals surface area contributed by atoms with E-state index in [0.29, 0.717) is 12.6 Å². The van der Waals surface area contributed by atoms with Gasteiger partial charge < -0.3 is 10.1 Å². The molecule has 104 valence electrons. The van der Waals surface area contributed by atoms with Gasteiger partial charge >= 0.3 is 0 Å². The molecule has 2 aliphatic rings. The first-order valence-corrected chi connectivity index (χ1v) is 7.29. The number of ether oxygens (including phenoxy) is 1. The molecule has 2 heterocycles. The molecule has 0 spiro atoms. The van der Waals surface area contributed by atoms with Crippen molar-refractivity contribution in [1.82, 2.24) is 10.2 Å². The zero-order valence-electron chi connectivity index (χ0n) is 11.9. The van der Waals surface area contributed by atoms with Crippen LogP contribution in [0.3, 0.4) is 0 Å². The molecular weight excluding hydrogens is 236 g/mol. The monoisotopic (exact) mass is 260 g/mol. The second kappa shape index (κ2) is 5.61. The van der Waals surface area contributed by atoms with Crippen molar-refractivity contribution in [2.45, 2.75) is 26.1 Å². The van der Waals surface area contributed by atoms with Crippen LogP contribution >= 0.6 is 0 Å². The topological polar surface area (TPSA) is 24.5 Å². The summed E-state index contributed by atoms with van der Waals surface area (Å²) in [5.74, 6) is 1.72.